The molecule has 1 unspecified atom stereocenters. The van der Waals surface area contributed by atoms with Crippen LogP contribution in [0, 0.1) is 5.92 Å². The Morgan fingerprint density at radius 1 is 1.82 bits per heavy atom. The molecule has 0 saturated carbocycles. The van der Waals surface area contributed by atoms with E-state index in [-0.39, 0.29) is 4.99 Å². The number of rotatable bonds is 5. The van der Waals surface area contributed by atoms with Gasteiger partial charge in [0, 0.05) is 0 Å². The van der Waals surface area contributed by atoms with Gasteiger partial charge in [0.25, 0.3) is 0 Å². The Kier molecular flexibility index (Phi) is 5.23. The number of thiocarbonyl (C=S) groups is 1. The average molecular weight is 193 g/mol. The van der Waals surface area contributed by atoms with Crippen LogP contribution in [0.2, 0.25) is 0 Å². The summed E-state index contributed by atoms with van der Waals surface area (Å²) in [5, 5.41) is 8.59. The van der Waals surface area contributed by atoms with Gasteiger partial charge in [-0.2, -0.15) is 11.8 Å². The van der Waals surface area contributed by atoms with E-state index < -0.39 is 11.9 Å². The molecule has 1 atom stereocenters. The molecule has 64 valence electrons. The molecule has 0 aliphatic heterocycles. The number of nitrogens with two attached hydrogens (primary N) is 1. The third kappa shape index (κ3) is 4.21. The molecule has 5 heteroatoms. The third-order valence-corrected chi connectivity index (χ3v) is 2.18. The SMILES string of the molecule is CSCCC(C(=O)O)C(N)=S. The smallest absolute Gasteiger partial charge is 0.313 e. The van der Waals surface area contributed by atoms with E-state index in [1.165, 1.54) is 0 Å². The quantitative estimate of drug-likeness (QED) is 0.630. The fraction of sp³-hybridized carbons (Fsp3) is 0.667. The molecule has 0 rings (SSSR count). The molecule has 11 heavy (non-hydrogen) atoms. The van der Waals surface area contributed by atoms with Crippen molar-refractivity contribution in [1.82, 2.24) is 0 Å². The Hall–Kier alpha value is -0.290. The average Bonchev–Trinajstić information content (AvgIpc) is 1.87. The standard InChI is InChI=1S/C6H11NO2S2/c1-11-3-2-4(5(7)10)6(8)9/h4H,2-3H2,1H3,(H2,7,10)(H,8,9). The van der Waals surface area contributed by atoms with Gasteiger partial charge in [-0.3, -0.25) is 4.79 Å². The van der Waals surface area contributed by atoms with Crippen molar-refractivity contribution in [2.45, 2.75) is 6.42 Å². The molecular weight excluding hydrogens is 182 g/mol. The zero-order valence-corrected chi connectivity index (χ0v) is 7.87. The summed E-state index contributed by atoms with van der Waals surface area (Å²) in [4.78, 5) is 10.5. The van der Waals surface area contributed by atoms with Crippen molar-refractivity contribution < 1.29 is 9.90 Å². The molecule has 0 saturated heterocycles. The summed E-state index contributed by atoms with van der Waals surface area (Å²) in [6.45, 7) is 0. The third-order valence-electron chi connectivity index (χ3n) is 1.25. The van der Waals surface area contributed by atoms with Crippen LogP contribution in [0.5, 0.6) is 0 Å². The number of hydrogen-bond acceptors (Lipinski definition) is 3. The van der Waals surface area contributed by atoms with Crippen LogP contribution in [0.15, 0.2) is 0 Å². The van der Waals surface area contributed by atoms with Gasteiger partial charge in [0.05, 0.1) is 4.99 Å². The first-order valence-corrected chi connectivity index (χ1v) is 4.91. The minimum Gasteiger partial charge on any atom is -0.481 e. The fourth-order valence-electron chi connectivity index (χ4n) is 0.623. The van der Waals surface area contributed by atoms with Gasteiger partial charge in [-0.05, 0) is 18.4 Å². The van der Waals surface area contributed by atoms with E-state index in [9.17, 15) is 4.79 Å². The minimum absolute atomic E-state index is 0.0755. The second-order valence-electron chi connectivity index (χ2n) is 2.07. The second kappa shape index (κ2) is 5.37. The van der Waals surface area contributed by atoms with Crippen LogP contribution in [0.1, 0.15) is 6.42 Å². The maximum Gasteiger partial charge on any atom is 0.313 e. The van der Waals surface area contributed by atoms with Crippen LogP contribution in [0.3, 0.4) is 0 Å². The molecule has 0 bridgehead atoms. The largest absolute Gasteiger partial charge is 0.481 e. The number of carboxylic acid groups (broad SMARTS) is 1. The fourth-order valence-corrected chi connectivity index (χ4v) is 1.31. The highest BCUT2D eigenvalue weighted by Gasteiger charge is 2.19. The molecule has 3 nitrogen and oxygen atoms in total. The minimum atomic E-state index is -0.924. The highest BCUT2D eigenvalue weighted by molar-refractivity contribution is 7.98. The van der Waals surface area contributed by atoms with Crippen molar-refractivity contribution in [3.8, 4) is 0 Å². The van der Waals surface area contributed by atoms with Crippen LogP contribution in [0.4, 0.5) is 0 Å². The van der Waals surface area contributed by atoms with Gasteiger partial charge < -0.3 is 10.8 Å². The summed E-state index contributed by atoms with van der Waals surface area (Å²) in [5.41, 5.74) is 5.22. The summed E-state index contributed by atoms with van der Waals surface area (Å²) in [7, 11) is 0. The molecule has 0 fully saturated rings. The first-order valence-electron chi connectivity index (χ1n) is 3.10. The molecule has 0 aliphatic rings. The monoisotopic (exact) mass is 193 g/mol. The van der Waals surface area contributed by atoms with Gasteiger partial charge in [0.1, 0.15) is 5.92 Å². The lowest BCUT2D eigenvalue weighted by atomic mass is 10.1. The number of aliphatic carboxylic acids is 1. The molecule has 0 amide bonds. The summed E-state index contributed by atoms with van der Waals surface area (Å²) >= 11 is 6.18. The number of thioether (sulfide) groups is 1. The molecule has 0 aromatic rings. The first kappa shape index (κ1) is 10.7. The van der Waals surface area contributed by atoms with Crippen LogP contribution in [-0.2, 0) is 4.79 Å². The highest BCUT2D eigenvalue weighted by Crippen LogP contribution is 2.08. The van der Waals surface area contributed by atoms with Gasteiger partial charge in [0.2, 0.25) is 0 Å². The zero-order chi connectivity index (χ0) is 8.85. The van der Waals surface area contributed by atoms with Crippen molar-refractivity contribution in [1.29, 1.82) is 0 Å². The molecule has 0 aromatic carbocycles. The van der Waals surface area contributed by atoms with E-state index in [4.69, 9.17) is 10.8 Å². The lowest BCUT2D eigenvalue weighted by molar-refractivity contribution is -0.139. The van der Waals surface area contributed by atoms with E-state index in [2.05, 4.69) is 12.2 Å². The number of carboxylic acids is 1. The van der Waals surface area contributed by atoms with Crippen molar-refractivity contribution in [3.05, 3.63) is 0 Å². The van der Waals surface area contributed by atoms with E-state index >= 15 is 0 Å². The molecular formula is C6H11NO2S2. The lowest BCUT2D eigenvalue weighted by Gasteiger charge is -2.08. The molecule has 0 radical (unpaired) electrons. The molecule has 0 heterocycles. The van der Waals surface area contributed by atoms with Crippen molar-refractivity contribution in [3.63, 3.8) is 0 Å². The van der Waals surface area contributed by atoms with Crippen molar-refractivity contribution >= 4 is 34.9 Å². The van der Waals surface area contributed by atoms with Crippen molar-refractivity contribution in [2.24, 2.45) is 11.7 Å². The second-order valence-corrected chi connectivity index (χ2v) is 3.53. The normalized spacial score (nSPS) is 12.5. The highest BCUT2D eigenvalue weighted by atomic mass is 32.2. The van der Waals surface area contributed by atoms with Gasteiger partial charge in [-0.25, -0.2) is 0 Å². The van der Waals surface area contributed by atoms with Crippen molar-refractivity contribution in [2.75, 3.05) is 12.0 Å². The number of carbonyl (C=O) groups is 1. The molecule has 0 aromatic heterocycles. The number of hydrogen-bond donors (Lipinski definition) is 2. The maximum atomic E-state index is 10.5. The van der Waals surface area contributed by atoms with E-state index in [1.807, 2.05) is 6.26 Å². The predicted octanol–water partition coefficient (Wildman–Crippen LogP) is 0.726. The zero-order valence-electron chi connectivity index (χ0n) is 6.24. The molecule has 3 N–H and O–H groups in total. The maximum absolute atomic E-state index is 10.5. The molecule has 0 aliphatic carbocycles. The first-order chi connectivity index (χ1) is 5.09. The Labute approximate surface area is 75.3 Å². The summed E-state index contributed by atoms with van der Waals surface area (Å²) in [6, 6.07) is 0. The van der Waals surface area contributed by atoms with Crippen LogP contribution in [-0.4, -0.2) is 28.1 Å². The van der Waals surface area contributed by atoms with Gasteiger partial charge in [-0.1, -0.05) is 12.2 Å². The summed E-state index contributed by atoms with van der Waals surface area (Å²) < 4.78 is 0. The summed E-state index contributed by atoms with van der Waals surface area (Å²) in [6.07, 6.45) is 2.43. The van der Waals surface area contributed by atoms with E-state index in [0.29, 0.717) is 6.42 Å². The Balaban J connectivity index is 3.90. The van der Waals surface area contributed by atoms with Crippen LogP contribution < -0.4 is 5.73 Å². The summed E-state index contributed by atoms with van der Waals surface area (Å²) in [5.74, 6) is -0.808. The Morgan fingerprint density at radius 3 is 2.64 bits per heavy atom. The Bertz CT molecular complexity index is 147. The van der Waals surface area contributed by atoms with E-state index in [1.54, 1.807) is 11.8 Å². The predicted molar refractivity (Wildman–Crippen MR) is 50.9 cm³/mol. The topological polar surface area (TPSA) is 63.3 Å². The lowest BCUT2D eigenvalue weighted by Crippen LogP contribution is -2.28. The Morgan fingerprint density at radius 2 is 2.36 bits per heavy atom. The van der Waals surface area contributed by atoms with Crippen LogP contribution in [0.25, 0.3) is 0 Å². The molecule has 0 spiro atoms. The van der Waals surface area contributed by atoms with E-state index in [0.717, 1.165) is 5.75 Å². The van der Waals surface area contributed by atoms with Gasteiger partial charge in [0.15, 0.2) is 0 Å². The van der Waals surface area contributed by atoms with Gasteiger partial charge in [-0.15, -0.1) is 0 Å². The van der Waals surface area contributed by atoms with Gasteiger partial charge >= 0.3 is 5.97 Å². The van der Waals surface area contributed by atoms with Crippen LogP contribution >= 0.6 is 24.0 Å².